The highest BCUT2D eigenvalue weighted by atomic mass is 16.1. The molecule has 0 radical (unpaired) electrons. The molecule has 0 aromatic rings. The Morgan fingerprint density at radius 1 is 1.43 bits per heavy atom. The summed E-state index contributed by atoms with van der Waals surface area (Å²) in [4.78, 5) is 10.7. The summed E-state index contributed by atoms with van der Waals surface area (Å²) in [5, 5.41) is 2.80. The van der Waals surface area contributed by atoms with Crippen LogP contribution >= 0.6 is 0 Å². The van der Waals surface area contributed by atoms with E-state index in [4.69, 9.17) is 5.73 Å². The molecule has 0 aliphatic carbocycles. The summed E-state index contributed by atoms with van der Waals surface area (Å²) in [7, 11) is 0. The van der Waals surface area contributed by atoms with E-state index >= 15 is 0 Å². The van der Waals surface area contributed by atoms with Crippen LogP contribution in [0.4, 0.5) is 0 Å². The van der Waals surface area contributed by atoms with E-state index in [1.165, 1.54) is 6.92 Å². The second-order valence-corrected chi connectivity index (χ2v) is 4.99. The van der Waals surface area contributed by atoms with Crippen LogP contribution in [0.25, 0.3) is 0 Å². The van der Waals surface area contributed by atoms with Crippen LogP contribution < -0.4 is 11.1 Å². The van der Waals surface area contributed by atoms with Gasteiger partial charge in [-0.2, -0.15) is 0 Å². The zero-order valence-corrected chi connectivity index (χ0v) is 10.1. The Balaban J connectivity index is 4.00. The van der Waals surface area contributed by atoms with Crippen molar-refractivity contribution in [2.75, 3.05) is 6.54 Å². The van der Waals surface area contributed by atoms with Crippen molar-refractivity contribution in [1.29, 1.82) is 0 Å². The van der Waals surface area contributed by atoms with Crippen LogP contribution in [0.3, 0.4) is 0 Å². The van der Waals surface area contributed by atoms with Gasteiger partial charge in [0.05, 0.1) is 0 Å². The van der Waals surface area contributed by atoms with Gasteiger partial charge < -0.3 is 11.1 Å². The normalized spacial score (nSPS) is 14.2. The molecule has 0 aliphatic rings. The summed E-state index contributed by atoms with van der Waals surface area (Å²) >= 11 is 0. The average molecular weight is 200 g/mol. The topological polar surface area (TPSA) is 55.1 Å². The van der Waals surface area contributed by atoms with Crippen molar-refractivity contribution in [2.24, 2.45) is 17.1 Å². The lowest BCUT2D eigenvalue weighted by molar-refractivity contribution is -0.119. The van der Waals surface area contributed by atoms with Crippen LogP contribution in [0.1, 0.15) is 41.0 Å². The van der Waals surface area contributed by atoms with Crippen molar-refractivity contribution in [3.63, 3.8) is 0 Å². The van der Waals surface area contributed by atoms with E-state index in [0.717, 1.165) is 6.42 Å². The van der Waals surface area contributed by atoms with E-state index in [-0.39, 0.29) is 17.4 Å². The van der Waals surface area contributed by atoms with Gasteiger partial charge in [0.25, 0.3) is 0 Å². The van der Waals surface area contributed by atoms with Crippen molar-refractivity contribution in [3.05, 3.63) is 0 Å². The van der Waals surface area contributed by atoms with Crippen LogP contribution in [0.5, 0.6) is 0 Å². The Morgan fingerprint density at radius 2 is 1.93 bits per heavy atom. The third-order valence-electron chi connectivity index (χ3n) is 2.76. The Hall–Kier alpha value is -0.570. The van der Waals surface area contributed by atoms with Gasteiger partial charge in [0.15, 0.2) is 0 Å². The number of amides is 1. The number of rotatable bonds is 5. The monoisotopic (exact) mass is 200 g/mol. The third kappa shape index (κ3) is 4.61. The second kappa shape index (κ2) is 5.35. The minimum atomic E-state index is 0.0268. The predicted molar refractivity (Wildman–Crippen MR) is 59.9 cm³/mol. The number of nitrogens with one attached hydrogen (secondary N) is 1. The Bertz CT molecular complexity index is 188. The quantitative estimate of drug-likeness (QED) is 0.707. The van der Waals surface area contributed by atoms with Crippen LogP contribution in [-0.2, 0) is 4.79 Å². The lowest BCUT2D eigenvalue weighted by Crippen LogP contribution is -2.43. The number of hydrogen-bond donors (Lipinski definition) is 2. The number of carbonyl (C=O) groups excluding carboxylic acids is 1. The standard InChI is InChI=1S/C11H24N2O/c1-8(2)10(12)11(4,5)6-7-13-9(3)14/h8,10H,6-7,12H2,1-5H3,(H,13,14). The highest BCUT2D eigenvalue weighted by Crippen LogP contribution is 2.27. The lowest BCUT2D eigenvalue weighted by atomic mass is 9.76. The van der Waals surface area contributed by atoms with E-state index < -0.39 is 0 Å². The van der Waals surface area contributed by atoms with Crippen molar-refractivity contribution < 1.29 is 4.79 Å². The van der Waals surface area contributed by atoms with Gasteiger partial charge in [-0.3, -0.25) is 4.79 Å². The maximum atomic E-state index is 10.7. The molecule has 0 spiro atoms. The fraction of sp³-hybridized carbons (Fsp3) is 0.909. The van der Waals surface area contributed by atoms with E-state index in [1.54, 1.807) is 0 Å². The summed E-state index contributed by atoms with van der Waals surface area (Å²) < 4.78 is 0. The third-order valence-corrected chi connectivity index (χ3v) is 2.76. The molecule has 84 valence electrons. The first-order chi connectivity index (χ1) is 6.27. The Kier molecular flexibility index (Phi) is 5.13. The first kappa shape index (κ1) is 13.4. The highest BCUT2D eigenvalue weighted by molar-refractivity contribution is 5.72. The molecular weight excluding hydrogens is 176 g/mol. The Morgan fingerprint density at radius 3 is 2.29 bits per heavy atom. The molecule has 0 bridgehead atoms. The number of carbonyl (C=O) groups is 1. The molecule has 1 unspecified atom stereocenters. The van der Waals surface area contributed by atoms with E-state index in [0.29, 0.717) is 12.5 Å². The molecule has 3 heteroatoms. The first-order valence-corrected chi connectivity index (χ1v) is 5.27. The average Bonchev–Trinajstić information content (AvgIpc) is 2.01. The zero-order valence-electron chi connectivity index (χ0n) is 10.1. The molecule has 1 amide bonds. The molecule has 0 aromatic heterocycles. The first-order valence-electron chi connectivity index (χ1n) is 5.27. The SMILES string of the molecule is CC(=O)NCCC(C)(C)C(N)C(C)C. The smallest absolute Gasteiger partial charge is 0.216 e. The van der Waals surface area contributed by atoms with Gasteiger partial charge in [-0.05, 0) is 17.8 Å². The molecule has 3 N–H and O–H groups in total. The summed E-state index contributed by atoms with van der Waals surface area (Å²) in [6.45, 7) is 10.8. The van der Waals surface area contributed by atoms with Crippen LogP contribution in [0.2, 0.25) is 0 Å². The van der Waals surface area contributed by atoms with Gasteiger partial charge in [-0.15, -0.1) is 0 Å². The molecule has 14 heavy (non-hydrogen) atoms. The van der Waals surface area contributed by atoms with E-state index in [9.17, 15) is 4.79 Å². The highest BCUT2D eigenvalue weighted by Gasteiger charge is 2.28. The van der Waals surface area contributed by atoms with Crippen LogP contribution in [0, 0.1) is 11.3 Å². The minimum Gasteiger partial charge on any atom is -0.356 e. The van der Waals surface area contributed by atoms with E-state index in [2.05, 4.69) is 33.0 Å². The molecule has 0 aliphatic heterocycles. The summed E-state index contributed by atoms with van der Waals surface area (Å²) in [5.41, 5.74) is 6.18. The molecule has 0 rings (SSSR count). The lowest BCUT2D eigenvalue weighted by Gasteiger charge is -2.34. The fourth-order valence-electron chi connectivity index (χ4n) is 1.63. The van der Waals surface area contributed by atoms with Crippen molar-refractivity contribution >= 4 is 5.91 Å². The van der Waals surface area contributed by atoms with Gasteiger partial charge in [-0.1, -0.05) is 27.7 Å². The predicted octanol–water partition coefficient (Wildman–Crippen LogP) is 1.52. The molecule has 3 nitrogen and oxygen atoms in total. The summed E-state index contributed by atoms with van der Waals surface area (Å²) in [5.74, 6) is 0.501. The molecule has 1 atom stereocenters. The van der Waals surface area contributed by atoms with Crippen molar-refractivity contribution in [2.45, 2.75) is 47.1 Å². The van der Waals surface area contributed by atoms with Crippen molar-refractivity contribution in [3.8, 4) is 0 Å². The number of hydrogen-bond acceptors (Lipinski definition) is 2. The maximum Gasteiger partial charge on any atom is 0.216 e. The fourth-order valence-corrected chi connectivity index (χ4v) is 1.63. The summed E-state index contributed by atoms with van der Waals surface area (Å²) in [6, 6.07) is 0.177. The number of nitrogens with two attached hydrogens (primary N) is 1. The van der Waals surface area contributed by atoms with Gasteiger partial charge >= 0.3 is 0 Å². The van der Waals surface area contributed by atoms with Crippen LogP contribution in [0.15, 0.2) is 0 Å². The zero-order chi connectivity index (χ0) is 11.4. The van der Waals surface area contributed by atoms with E-state index in [1.807, 2.05) is 0 Å². The Labute approximate surface area is 87.4 Å². The minimum absolute atomic E-state index is 0.0268. The van der Waals surface area contributed by atoms with Gasteiger partial charge in [0.2, 0.25) is 5.91 Å². The van der Waals surface area contributed by atoms with Gasteiger partial charge in [0, 0.05) is 19.5 Å². The largest absolute Gasteiger partial charge is 0.356 e. The molecule has 0 fully saturated rings. The van der Waals surface area contributed by atoms with Crippen LogP contribution in [-0.4, -0.2) is 18.5 Å². The molecule has 0 heterocycles. The van der Waals surface area contributed by atoms with Crippen molar-refractivity contribution in [1.82, 2.24) is 5.32 Å². The van der Waals surface area contributed by atoms with Gasteiger partial charge in [0.1, 0.15) is 0 Å². The molecular formula is C11H24N2O. The maximum absolute atomic E-state index is 10.7. The second-order valence-electron chi connectivity index (χ2n) is 4.99. The molecule has 0 saturated carbocycles. The van der Waals surface area contributed by atoms with Gasteiger partial charge in [-0.25, -0.2) is 0 Å². The summed E-state index contributed by atoms with van der Waals surface area (Å²) in [6.07, 6.45) is 0.923. The molecule has 0 saturated heterocycles. The molecule has 0 aromatic carbocycles.